The summed E-state index contributed by atoms with van der Waals surface area (Å²) >= 11 is 0. The fourth-order valence-corrected chi connectivity index (χ4v) is 2.87. The first-order valence-corrected chi connectivity index (χ1v) is 9.19. The molecule has 150 valence electrons. The SMILES string of the molecule is CCOC(=O)c1cc(-c2ccnc(-c3cccc([N+](=O)[O-])c3)c2)nn1CCCN. The van der Waals surface area contributed by atoms with Crippen LogP contribution in [0.3, 0.4) is 0 Å². The van der Waals surface area contributed by atoms with Crippen LogP contribution in [0.15, 0.2) is 48.7 Å². The van der Waals surface area contributed by atoms with Gasteiger partial charge in [0.05, 0.1) is 22.9 Å². The van der Waals surface area contributed by atoms with Crippen molar-refractivity contribution < 1.29 is 14.5 Å². The lowest BCUT2D eigenvalue weighted by atomic mass is 10.1. The number of non-ortho nitro benzene ring substituents is 1. The number of pyridine rings is 1. The number of ether oxygens (including phenoxy) is 1. The molecule has 0 saturated heterocycles. The van der Waals surface area contributed by atoms with E-state index in [1.807, 2.05) is 0 Å². The topological polar surface area (TPSA) is 126 Å². The van der Waals surface area contributed by atoms with Gasteiger partial charge in [-0.25, -0.2) is 4.79 Å². The molecule has 0 amide bonds. The molecule has 3 aromatic rings. The summed E-state index contributed by atoms with van der Waals surface area (Å²) in [5.74, 6) is -0.448. The maximum atomic E-state index is 12.3. The molecular formula is C20H21N5O4. The number of nitro benzene ring substituents is 1. The van der Waals surface area contributed by atoms with Crippen LogP contribution in [-0.2, 0) is 11.3 Å². The van der Waals surface area contributed by atoms with Crippen molar-refractivity contribution >= 4 is 11.7 Å². The normalized spacial score (nSPS) is 10.7. The number of rotatable bonds is 8. The van der Waals surface area contributed by atoms with Gasteiger partial charge in [0.25, 0.3) is 5.69 Å². The molecule has 3 rings (SSSR count). The van der Waals surface area contributed by atoms with Gasteiger partial charge in [-0.05, 0) is 38.1 Å². The van der Waals surface area contributed by atoms with Gasteiger partial charge >= 0.3 is 5.97 Å². The number of aromatic nitrogens is 3. The van der Waals surface area contributed by atoms with Crippen LogP contribution in [0, 0.1) is 10.1 Å². The summed E-state index contributed by atoms with van der Waals surface area (Å²) in [5, 5.41) is 15.6. The fraction of sp³-hybridized carbons (Fsp3) is 0.250. The van der Waals surface area contributed by atoms with E-state index in [1.54, 1.807) is 48.1 Å². The molecule has 0 unspecified atom stereocenters. The number of esters is 1. The molecule has 0 atom stereocenters. The standard InChI is InChI=1S/C20H21N5O4/c1-2-29-20(26)19-13-18(23-24(19)10-4-8-21)15-7-9-22-17(12-15)14-5-3-6-16(11-14)25(27)28/h3,5-7,9,11-13H,2,4,8,10,21H2,1H3. The van der Waals surface area contributed by atoms with E-state index in [4.69, 9.17) is 10.5 Å². The average Bonchev–Trinajstić information content (AvgIpc) is 3.17. The maximum absolute atomic E-state index is 12.3. The lowest BCUT2D eigenvalue weighted by Gasteiger charge is -2.05. The van der Waals surface area contributed by atoms with Gasteiger partial charge in [-0.3, -0.25) is 19.8 Å². The summed E-state index contributed by atoms with van der Waals surface area (Å²) in [6.45, 7) is 2.98. The number of benzene rings is 1. The van der Waals surface area contributed by atoms with Crippen molar-refractivity contribution in [3.05, 3.63) is 64.5 Å². The molecule has 9 nitrogen and oxygen atoms in total. The Balaban J connectivity index is 1.99. The van der Waals surface area contributed by atoms with Crippen LogP contribution in [0.4, 0.5) is 5.69 Å². The van der Waals surface area contributed by atoms with Gasteiger partial charge in [-0.1, -0.05) is 12.1 Å². The Bertz CT molecular complexity index is 1030. The van der Waals surface area contributed by atoms with E-state index in [1.165, 1.54) is 12.1 Å². The predicted octanol–water partition coefficient (Wildman–Crippen LogP) is 3.05. The number of carbonyl (C=O) groups excluding carboxylic acids is 1. The molecule has 0 saturated carbocycles. The lowest BCUT2D eigenvalue weighted by Crippen LogP contribution is -2.15. The number of carbonyl (C=O) groups is 1. The van der Waals surface area contributed by atoms with Crippen molar-refractivity contribution in [2.24, 2.45) is 5.73 Å². The van der Waals surface area contributed by atoms with Crippen LogP contribution >= 0.6 is 0 Å². The van der Waals surface area contributed by atoms with Crippen LogP contribution in [-0.4, -0.2) is 38.8 Å². The monoisotopic (exact) mass is 395 g/mol. The van der Waals surface area contributed by atoms with Crippen molar-refractivity contribution in [1.29, 1.82) is 0 Å². The molecular weight excluding hydrogens is 374 g/mol. The Morgan fingerprint density at radius 3 is 2.72 bits per heavy atom. The second kappa shape index (κ2) is 9.07. The highest BCUT2D eigenvalue weighted by Gasteiger charge is 2.18. The van der Waals surface area contributed by atoms with Crippen LogP contribution in [0.25, 0.3) is 22.5 Å². The summed E-state index contributed by atoms with van der Waals surface area (Å²) in [6, 6.07) is 11.5. The van der Waals surface area contributed by atoms with Crippen LogP contribution in [0.2, 0.25) is 0 Å². The Kier molecular flexibility index (Phi) is 6.30. The van der Waals surface area contributed by atoms with Crippen molar-refractivity contribution in [3.8, 4) is 22.5 Å². The second-order valence-corrected chi connectivity index (χ2v) is 6.24. The van der Waals surface area contributed by atoms with Gasteiger partial charge in [0.1, 0.15) is 5.69 Å². The minimum absolute atomic E-state index is 0.00892. The Hall–Kier alpha value is -3.59. The van der Waals surface area contributed by atoms with Crippen molar-refractivity contribution in [2.45, 2.75) is 19.9 Å². The summed E-state index contributed by atoms with van der Waals surface area (Å²) < 4.78 is 6.71. The minimum Gasteiger partial charge on any atom is -0.461 e. The molecule has 2 N–H and O–H groups in total. The van der Waals surface area contributed by atoms with Gasteiger partial charge in [-0.15, -0.1) is 0 Å². The maximum Gasteiger partial charge on any atom is 0.356 e. The average molecular weight is 395 g/mol. The minimum atomic E-state index is -0.448. The Labute approximate surface area is 167 Å². The molecule has 0 aliphatic carbocycles. The van der Waals surface area contributed by atoms with Crippen LogP contribution in [0.5, 0.6) is 0 Å². The molecule has 0 spiro atoms. The highest BCUT2D eigenvalue weighted by Crippen LogP contribution is 2.27. The number of nitrogens with two attached hydrogens (primary N) is 1. The van der Waals surface area contributed by atoms with Gasteiger partial charge in [0.15, 0.2) is 0 Å². The summed E-state index contributed by atoms with van der Waals surface area (Å²) in [5.41, 5.74) is 8.43. The highest BCUT2D eigenvalue weighted by atomic mass is 16.6. The van der Waals surface area contributed by atoms with E-state index in [0.717, 1.165) is 5.56 Å². The number of hydrogen-bond acceptors (Lipinski definition) is 7. The largest absolute Gasteiger partial charge is 0.461 e. The first-order valence-electron chi connectivity index (χ1n) is 9.19. The first-order chi connectivity index (χ1) is 14.0. The van der Waals surface area contributed by atoms with Gasteiger partial charge in [0, 0.05) is 36.0 Å². The van der Waals surface area contributed by atoms with E-state index in [-0.39, 0.29) is 12.3 Å². The second-order valence-electron chi connectivity index (χ2n) is 6.24. The van der Waals surface area contributed by atoms with E-state index in [2.05, 4.69) is 10.1 Å². The Morgan fingerprint density at radius 2 is 2.00 bits per heavy atom. The first kappa shape index (κ1) is 20.2. The lowest BCUT2D eigenvalue weighted by molar-refractivity contribution is -0.384. The zero-order valence-electron chi connectivity index (χ0n) is 15.9. The molecule has 0 bridgehead atoms. The quantitative estimate of drug-likeness (QED) is 0.353. The molecule has 2 heterocycles. The smallest absolute Gasteiger partial charge is 0.356 e. The molecule has 1 aromatic carbocycles. The van der Waals surface area contributed by atoms with E-state index in [0.29, 0.717) is 42.2 Å². The molecule has 2 aromatic heterocycles. The third-order valence-corrected chi connectivity index (χ3v) is 4.25. The van der Waals surface area contributed by atoms with Gasteiger partial charge in [-0.2, -0.15) is 5.10 Å². The van der Waals surface area contributed by atoms with Crippen molar-refractivity contribution in [1.82, 2.24) is 14.8 Å². The van der Waals surface area contributed by atoms with E-state index in [9.17, 15) is 14.9 Å². The zero-order valence-corrected chi connectivity index (χ0v) is 15.9. The summed E-state index contributed by atoms with van der Waals surface area (Å²) in [7, 11) is 0. The molecule has 0 aliphatic heterocycles. The van der Waals surface area contributed by atoms with Gasteiger partial charge < -0.3 is 10.5 Å². The molecule has 9 heteroatoms. The number of hydrogen-bond donors (Lipinski definition) is 1. The van der Waals surface area contributed by atoms with E-state index >= 15 is 0 Å². The van der Waals surface area contributed by atoms with Gasteiger partial charge in [0.2, 0.25) is 0 Å². The number of nitrogens with zero attached hydrogens (tertiary/aromatic N) is 4. The predicted molar refractivity (Wildman–Crippen MR) is 107 cm³/mol. The number of nitro groups is 1. The third kappa shape index (κ3) is 4.64. The molecule has 0 aliphatic rings. The third-order valence-electron chi connectivity index (χ3n) is 4.25. The van der Waals surface area contributed by atoms with Crippen molar-refractivity contribution in [2.75, 3.05) is 13.2 Å². The zero-order chi connectivity index (χ0) is 20.8. The molecule has 0 radical (unpaired) electrons. The molecule has 0 fully saturated rings. The fourth-order valence-electron chi connectivity index (χ4n) is 2.87. The molecule has 29 heavy (non-hydrogen) atoms. The highest BCUT2D eigenvalue weighted by molar-refractivity contribution is 5.89. The van der Waals surface area contributed by atoms with Crippen LogP contribution in [0.1, 0.15) is 23.8 Å². The Morgan fingerprint density at radius 1 is 1.21 bits per heavy atom. The number of aryl methyl sites for hydroxylation is 1. The van der Waals surface area contributed by atoms with E-state index < -0.39 is 10.9 Å². The van der Waals surface area contributed by atoms with Crippen molar-refractivity contribution in [3.63, 3.8) is 0 Å². The van der Waals surface area contributed by atoms with Crippen LogP contribution < -0.4 is 5.73 Å². The summed E-state index contributed by atoms with van der Waals surface area (Å²) in [4.78, 5) is 27.2. The summed E-state index contributed by atoms with van der Waals surface area (Å²) in [6.07, 6.45) is 2.27.